The highest BCUT2D eigenvalue weighted by Crippen LogP contribution is 2.45. The summed E-state index contributed by atoms with van der Waals surface area (Å²) in [5.41, 5.74) is 6.59. The molecule has 4 heterocycles. The van der Waals surface area contributed by atoms with E-state index in [1.807, 2.05) is 69.8 Å². The first-order valence-corrected chi connectivity index (χ1v) is 17.6. The molecular weight excluding hydrogens is 632 g/mol. The third-order valence-corrected chi connectivity index (χ3v) is 10.8. The minimum absolute atomic E-state index is 0.403. The number of thiazole rings is 1. The Hall–Kier alpha value is -3.34. The molecule has 8 nitrogen and oxygen atoms in total. The van der Waals surface area contributed by atoms with Crippen LogP contribution in [0.3, 0.4) is 0 Å². The van der Waals surface area contributed by atoms with Crippen LogP contribution in [0.25, 0.3) is 42.8 Å². The molecule has 0 radical (unpaired) electrons. The standard InChI is InChI=1S/C37H41ClN4O4S/c1-21-18-28-34(31(22-6-9-25(38)10-7-22)30(21)33(36(43)44)46-37(2,3)4)47-35(39-28)24-8-11-29-27(19-24)32(40-41(29)5)23-12-15-42(16-13-23)20-26-14-17-45-26/h6-11,18-19,23,26,33H,12-17,20H2,1-5H3,(H,43,44). The molecule has 2 unspecified atom stereocenters. The fourth-order valence-corrected chi connectivity index (χ4v) is 8.24. The van der Waals surface area contributed by atoms with E-state index in [4.69, 9.17) is 31.2 Å². The van der Waals surface area contributed by atoms with Crippen LogP contribution in [0, 0.1) is 6.92 Å². The fourth-order valence-electron chi connectivity index (χ4n) is 6.99. The van der Waals surface area contributed by atoms with E-state index in [-0.39, 0.29) is 0 Å². The zero-order chi connectivity index (χ0) is 33.0. The monoisotopic (exact) mass is 672 g/mol. The molecule has 0 saturated carbocycles. The van der Waals surface area contributed by atoms with Gasteiger partial charge in [-0.25, -0.2) is 9.78 Å². The number of benzene rings is 3. The van der Waals surface area contributed by atoms with Crippen LogP contribution in [0.5, 0.6) is 0 Å². The van der Waals surface area contributed by atoms with Crippen LogP contribution in [0.2, 0.25) is 5.02 Å². The summed E-state index contributed by atoms with van der Waals surface area (Å²) in [6.07, 6.45) is 2.58. The summed E-state index contributed by atoms with van der Waals surface area (Å²) in [5, 5.41) is 18.1. The first kappa shape index (κ1) is 32.2. The molecule has 3 aromatic carbocycles. The van der Waals surface area contributed by atoms with Gasteiger partial charge in [0.05, 0.1) is 33.1 Å². The molecule has 5 aromatic rings. The van der Waals surface area contributed by atoms with Crippen molar-refractivity contribution in [3.05, 3.63) is 70.4 Å². The largest absolute Gasteiger partial charge is 0.479 e. The second-order valence-corrected chi connectivity index (χ2v) is 15.3. The third-order valence-electron chi connectivity index (χ3n) is 9.37. The zero-order valence-corrected chi connectivity index (χ0v) is 29.1. The Morgan fingerprint density at radius 2 is 1.81 bits per heavy atom. The highest BCUT2D eigenvalue weighted by molar-refractivity contribution is 7.22. The Balaban J connectivity index is 1.30. The number of fused-ring (bicyclic) bond motifs is 2. The van der Waals surface area contributed by atoms with E-state index < -0.39 is 17.7 Å². The molecule has 2 fully saturated rings. The van der Waals surface area contributed by atoms with Crippen molar-refractivity contribution < 1.29 is 19.4 Å². The Kier molecular flexibility index (Phi) is 8.64. The smallest absolute Gasteiger partial charge is 0.337 e. The average molecular weight is 673 g/mol. The molecular formula is C37H41ClN4O4S. The van der Waals surface area contributed by atoms with Gasteiger partial charge in [-0.15, -0.1) is 11.3 Å². The molecule has 0 bridgehead atoms. The average Bonchev–Trinajstić information content (AvgIpc) is 3.58. The maximum absolute atomic E-state index is 12.7. The predicted octanol–water partition coefficient (Wildman–Crippen LogP) is 8.39. The van der Waals surface area contributed by atoms with E-state index >= 15 is 0 Å². The topological polar surface area (TPSA) is 89.7 Å². The second kappa shape index (κ2) is 12.6. The van der Waals surface area contributed by atoms with Crippen molar-refractivity contribution in [2.75, 3.05) is 26.2 Å². The van der Waals surface area contributed by atoms with E-state index in [2.05, 4.69) is 23.1 Å². The predicted molar refractivity (Wildman–Crippen MR) is 188 cm³/mol. The maximum Gasteiger partial charge on any atom is 0.337 e. The van der Waals surface area contributed by atoms with Crippen LogP contribution in [0.15, 0.2) is 48.5 Å². The number of aliphatic carboxylic acids is 1. The molecule has 2 atom stereocenters. The second-order valence-electron chi connectivity index (χ2n) is 13.9. The number of aromatic nitrogens is 3. The highest BCUT2D eigenvalue weighted by Gasteiger charge is 2.33. The molecule has 1 N–H and O–H groups in total. The lowest BCUT2D eigenvalue weighted by Crippen LogP contribution is -2.43. The highest BCUT2D eigenvalue weighted by atomic mass is 35.5. The number of hydrogen-bond acceptors (Lipinski definition) is 7. The molecule has 0 aliphatic carbocycles. The molecule has 7 rings (SSSR count). The molecule has 2 aliphatic rings. The number of rotatable bonds is 8. The number of aryl methyl sites for hydroxylation is 2. The lowest BCUT2D eigenvalue weighted by atomic mass is 9.91. The number of ether oxygens (including phenoxy) is 2. The first-order chi connectivity index (χ1) is 22.4. The van der Waals surface area contributed by atoms with Gasteiger partial charge < -0.3 is 19.5 Å². The van der Waals surface area contributed by atoms with Crippen LogP contribution >= 0.6 is 22.9 Å². The summed E-state index contributed by atoms with van der Waals surface area (Å²) in [7, 11) is 2.02. The third kappa shape index (κ3) is 6.44. The van der Waals surface area contributed by atoms with Crippen molar-refractivity contribution in [1.82, 2.24) is 19.7 Å². The molecule has 10 heteroatoms. The van der Waals surface area contributed by atoms with Crippen molar-refractivity contribution in [3.63, 3.8) is 0 Å². The summed E-state index contributed by atoms with van der Waals surface area (Å²) in [6.45, 7) is 11.6. The fraction of sp³-hybridized carbons (Fsp3) is 0.432. The number of carbonyl (C=O) groups is 1. The normalized spacial score (nSPS) is 18.6. The summed E-state index contributed by atoms with van der Waals surface area (Å²) in [4.78, 5) is 20.4. The van der Waals surface area contributed by atoms with E-state index in [9.17, 15) is 9.90 Å². The van der Waals surface area contributed by atoms with Crippen LogP contribution in [-0.2, 0) is 21.3 Å². The number of likely N-dealkylation sites (tertiary alicyclic amines) is 1. The van der Waals surface area contributed by atoms with Crippen molar-refractivity contribution in [2.45, 2.75) is 70.7 Å². The van der Waals surface area contributed by atoms with Crippen molar-refractivity contribution in [3.8, 4) is 21.7 Å². The van der Waals surface area contributed by atoms with Crippen molar-refractivity contribution in [2.24, 2.45) is 7.05 Å². The molecule has 246 valence electrons. The number of hydrogen-bond donors (Lipinski definition) is 1. The number of carboxylic acids is 1. The molecule has 47 heavy (non-hydrogen) atoms. The summed E-state index contributed by atoms with van der Waals surface area (Å²) in [5.74, 6) is -0.626. The number of carboxylic acid groups (broad SMARTS) is 1. The Morgan fingerprint density at radius 3 is 2.45 bits per heavy atom. The van der Waals surface area contributed by atoms with Crippen molar-refractivity contribution in [1.29, 1.82) is 0 Å². The molecule has 0 spiro atoms. The summed E-state index contributed by atoms with van der Waals surface area (Å²) in [6, 6.07) is 16.0. The molecule has 2 saturated heterocycles. The van der Waals surface area contributed by atoms with Gasteiger partial charge in [-0.1, -0.05) is 23.7 Å². The van der Waals surface area contributed by atoms with Crippen LogP contribution < -0.4 is 0 Å². The number of piperidine rings is 1. The zero-order valence-electron chi connectivity index (χ0n) is 27.5. The van der Waals surface area contributed by atoms with E-state index in [1.54, 1.807) is 11.3 Å². The van der Waals surface area contributed by atoms with Gasteiger partial charge in [0.1, 0.15) is 5.01 Å². The lowest BCUT2D eigenvalue weighted by molar-refractivity contribution is -0.160. The van der Waals surface area contributed by atoms with Gasteiger partial charge in [0, 0.05) is 53.2 Å². The van der Waals surface area contributed by atoms with Gasteiger partial charge in [0.15, 0.2) is 6.10 Å². The first-order valence-electron chi connectivity index (χ1n) is 16.4. The van der Waals surface area contributed by atoms with Gasteiger partial charge in [0.2, 0.25) is 0 Å². The van der Waals surface area contributed by atoms with E-state index in [1.165, 1.54) is 11.8 Å². The van der Waals surface area contributed by atoms with Gasteiger partial charge in [0.25, 0.3) is 0 Å². The Morgan fingerprint density at radius 1 is 1.11 bits per heavy atom. The van der Waals surface area contributed by atoms with Gasteiger partial charge in [-0.3, -0.25) is 4.68 Å². The van der Waals surface area contributed by atoms with E-state index in [0.717, 1.165) is 87.8 Å². The van der Waals surface area contributed by atoms with Gasteiger partial charge >= 0.3 is 5.97 Å². The Labute approximate surface area is 284 Å². The van der Waals surface area contributed by atoms with Gasteiger partial charge in [-0.2, -0.15) is 5.10 Å². The minimum atomic E-state index is -1.16. The lowest BCUT2D eigenvalue weighted by Gasteiger charge is -2.36. The Bertz CT molecular complexity index is 1950. The minimum Gasteiger partial charge on any atom is -0.479 e. The maximum atomic E-state index is 12.7. The van der Waals surface area contributed by atoms with Crippen molar-refractivity contribution >= 4 is 50.0 Å². The number of halogens is 1. The van der Waals surface area contributed by atoms with Gasteiger partial charge in [-0.05, 0) is 108 Å². The molecule has 2 aliphatic heterocycles. The van der Waals surface area contributed by atoms with Crippen LogP contribution in [0.1, 0.15) is 68.9 Å². The SMILES string of the molecule is Cc1cc2nc(-c3ccc4c(c3)c(C3CCN(CC5CCO5)CC3)nn4C)sc2c(-c2ccc(Cl)cc2)c1C(OC(C)(C)C)C(=O)O. The molecule has 2 aromatic heterocycles. The number of nitrogens with zero attached hydrogens (tertiary/aromatic N) is 4. The summed E-state index contributed by atoms with van der Waals surface area (Å²) < 4.78 is 14.8. The summed E-state index contributed by atoms with van der Waals surface area (Å²) >= 11 is 7.86. The van der Waals surface area contributed by atoms with E-state index in [0.29, 0.717) is 22.6 Å². The quantitative estimate of drug-likeness (QED) is 0.177. The van der Waals surface area contributed by atoms with Crippen LogP contribution in [0.4, 0.5) is 0 Å². The van der Waals surface area contributed by atoms with Crippen LogP contribution in [-0.4, -0.2) is 68.7 Å². The molecule has 0 amide bonds.